The summed E-state index contributed by atoms with van der Waals surface area (Å²) in [4.78, 5) is 23.1. The maximum atomic E-state index is 12.9. The lowest BCUT2D eigenvalue weighted by Crippen LogP contribution is -2.23. The normalized spacial score (nSPS) is 10.7. The van der Waals surface area contributed by atoms with Crippen LogP contribution in [-0.4, -0.2) is 25.5 Å². The monoisotopic (exact) mass is 383 g/mol. The first-order chi connectivity index (χ1) is 13.4. The second-order valence-corrected chi connectivity index (χ2v) is 5.64. The first-order valence-corrected chi connectivity index (χ1v) is 8.16. The highest BCUT2D eigenvalue weighted by atomic mass is 19.1. The third kappa shape index (κ3) is 5.85. The molecule has 0 heterocycles. The lowest BCUT2D eigenvalue weighted by Gasteiger charge is -2.10. The molecule has 0 saturated carbocycles. The van der Waals surface area contributed by atoms with E-state index >= 15 is 0 Å². The van der Waals surface area contributed by atoms with Crippen LogP contribution < -0.4 is 20.5 Å². The van der Waals surface area contributed by atoms with Gasteiger partial charge in [-0.15, -0.1) is 0 Å². The highest BCUT2D eigenvalue weighted by molar-refractivity contribution is 6.01. The summed E-state index contributed by atoms with van der Waals surface area (Å²) in [6.07, 6.45) is 1.39. The highest BCUT2D eigenvalue weighted by Gasteiger charge is 2.11. The quantitative estimate of drug-likeness (QED) is 0.534. The molecule has 28 heavy (non-hydrogen) atoms. The van der Waals surface area contributed by atoms with Gasteiger partial charge in [0.25, 0.3) is 11.8 Å². The molecule has 3 N–H and O–H groups in total. The van der Waals surface area contributed by atoms with Gasteiger partial charge in [0.15, 0.2) is 18.1 Å². The van der Waals surface area contributed by atoms with Crippen LogP contribution in [0.15, 0.2) is 48.0 Å². The fourth-order valence-electron chi connectivity index (χ4n) is 2.24. The summed E-state index contributed by atoms with van der Waals surface area (Å²) in [5.41, 5.74) is 6.15. The highest BCUT2D eigenvalue weighted by Crippen LogP contribution is 2.28. The standard InChI is InChI=1S/C20H18FN3O4/c1-27-18-9-14(4-7-17(18)28-12-19(23)25)8-15(10-22)20(26)24-11-13-2-5-16(21)6-3-13/h2-9H,11-12H2,1H3,(H2,23,25)(H,24,26). The number of nitrogens with zero attached hydrogens (tertiary/aromatic N) is 1. The van der Waals surface area contributed by atoms with Gasteiger partial charge in [0.05, 0.1) is 7.11 Å². The van der Waals surface area contributed by atoms with Gasteiger partial charge in [-0.25, -0.2) is 4.39 Å². The molecular formula is C20H18FN3O4. The first kappa shape index (κ1) is 20.5. The number of carbonyl (C=O) groups excluding carboxylic acids is 2. The predicted molar refractivity (Wildman–Crippen MR) is 99.5 cm³/mol. The molecule has 0 saturated heterocycles. The number of nitriles is 1. The maximum Gasteiger partial charge on any atom is 0.262 e. The Hall–Kier alpha value is -3.86. The Morgan fingerprint density at radius 3 is 2.54 bits per heavy atom. The van der Waals surface area contributed by atoms with Crippen molar-refractivity contribution in [1.29, 1.82) is 5.26 Å². The Morgan fingerprint density at radius 2 is 1.93 bits per heavy atom. The molecule has 0 bridgehead atoms. The van der Waals surface area contributed by atoms with E-state index in [0.717, 1.165) is 0 Å². The van der Waals surface area contributed by atoms with Crippen molar-refractivity contribution in [1.82, 2.24) is 5.32 Å². The Labute approximate surface area is 161 Å². The minimum absolute atomic E-state index is 0.116. The average Bonchev–Trinajstić information content (AvgIpc) is 2.70. The molecule has 2 rings (SSSR count). The Kier molecular flexibility index (Phi) is 7.11. The van der Waals surface area contributed by atoms with Crippen molar-refractivity contribution in [2.24, 2.45) is 5.73 Å². The van der Waals surface area contributed by atoms with E-state index in [9.17, 15) is 19.2 Å². The minimum Gasteiger partial charge on any atom is -0.493 e. The number of ether oxygens (including phenoxy) is 2. The van der Waals surface area contributed by atoms with E-state index in [-0.39, 0.29) is 24.5 Å². The fourth-order valence-corrected chi connectivity index (χ4v) is 2.24. The number of halogens is 1. The van der Waals surface area contributed by atoms with Gasteiger partial charge in [-0.1, -0.05) is 18.2 Å². The number of nitrogens with one attached hydrogen (secondary N) is 1. The van der Waals surface area contributed by atoms with Crippen LogP contribution in [0, 0.1) is 17.1 Å². The fraction of sp³-hybridized carbons (Fsp3) is 0.150. The summed E-state index contributed by atoms with van der Waals surface area (Å²) >= 11 is 0. The van der Waals surface area contributed by atoms with Crippen molar-refractivity contribution in [2.45, 2.75) is 6.54 Å². The molecule has 0 spiro atoms. The molecule has 2 aromatic carbocycles. The van der Waals surface area contributed by atoms with Crippen molar-refractivity contribution in [3.8, 4) is 17.6 Å². The molecule has 0 atom stereocenters. The molecule has 2 amide bonds. The molecule has 7 nitrogen and oxygen atoms in total. The Morgan fingerprint density at radius 1 is 1.21 bits per heavy atom. The number of hydrogen-bond donors (Lipinski definition) is 2. The van der Waals surface area contributed by atoms with Crippen molar-refractivity contribution < 1.29 is 23.5 Å². The van der Waals surface area contributed by atoms with Crippen LogP contribution in [0.1, 0.15) is 11.1 Å². The second kappa shape index (κ2) is 9.73. The van der Waals surface area contributed by atoms with E-state index in [1.807, 2.05) is 6.07 Å². The zero-order valence-electron chi connectivity index (χ0n) is 15.1. The SMILES string of the molecule is COc1cc(C=C(C#N)C(=O)NCc2ccc(F)cc2)ccc1OCC(N)=O. The zero-order valence-corrected chi connectivity index (χ0v) is 15.1. The average molecular weight is 383 g/mol. The molecule has 2 aromatic rings. The van der Waals surface area contributed by atoms with Crippen LogP contribution >= 0.6 is 0 Å². The Balaban J connectivity index is 2.11. The van der Waals surface area contributed by atoms with Gasteiger partial charge in [0.2, 0.25) is 0 Å². The number of primary amides is 1. The number of nitrogens with two attached hydrogens (primary N) is 1. The van der Waals surface area contributed by atoms with Crippen LogP contribution in [0.5, 0.6) is 11.5 Å². The van der Waals surface area contributed by atoms with E-state index in [1.54, 1.807) is 30.3 Å². The molecule has 0 radical (unpaired) electrons. The number of carbonyl (C=O) groups is 2. The first-order valence-electron chi connectivity index (χ1n) is 8.16. The van der Waals surface area contributed by atoms with Crippen LogP contribution in [0.3, 0.4) is 0 Å². The van der Waals surface area contributed by atoms with Crippen molar-refractivity contribution in [3.63, 3.8) is 0 Å². The van der Waals surface area contributed by atoms with Crippen LogP contribution in [0.4, 0.5) is 4.39 Å². The summed E-state index contributed by atoms with van der Waals surface area (Å²) in [6, 6.07) is 12.2. The zero-order chi connectivity index (χ0) is 20.5. The predicted octanol–water partition coefficient (Wildman–Crippen LogP) is 1.92. The third-order valence-corrected chi connectivity index (χ3v) is 3.60. The van der Waals surface area contributed by atoms with E-state index < -0.39 is 11.8 Å². The van der Waals surface area contributed by atoms with Gasteiger partial charge in [0, 0.05) is 6.54 Å². The number of amides is 2. The summed E-state index contributed by atoms with van der Waals surface area (Å²) < 4.78 is 23.3. The van der Waals surface area contributed by atoms with Crippen molar-refractivity contribution >= 4 is 17.9 Å². The van der Waals surface area contributed by atoms with Crippen LogP contribution in [0.25, 0.3) is 6.08 Å². The van der Waals surface area contributed by atoms with Gasteiger partial charge in [0.1, 0.15) is 17.5 Å². The van der Waals surface area contributed by atoms with Crippen LogP contribution in [-0.2, 0) is 16.1 Å². The molecule has 0 unspecified atom stereocenters. The molecule has 8 heteroatoms. The lowest BCUT2D eigenvalue weighted by atomic mass is 10.1. The van der Waals surface area contributed by atoms with Gasteiger partial charge < -0.3 is 20.5 Å². The molecule has 0 aliphatic rings. The van der Waals surface area contributed by atoms with Crippen LogP contribution in [0.2, 0.25) is 0 Å². The number of methoxy groups -OCH3 is 1. The number of rotatable bonds is 8. The van der Waals surface area contributed by atoms with Gasteiger partial charge in [-0.05, 0) is 41.5 Å². The lowest BCUT2D eigenvalue weighted by molar-refractivity contribution is -0.120. The summed E-state index contributed by atoms with van der Waals surface area (Å²) in [7, 11) is 1.42. The van der Waals surface area contributed by atoms with E-state index in [2.05, 4.69) is 5.32 Å². The molecule has 0 fully saturated rings. The minimum atomic E-state index is -0.629. The van der Waals surface area contributed by atoms with Crippen molar-refractivity contribution in [3.05, 3.63) is 65.0 Å². The second-order valence-electron chi connectivity index (χ2n) is 5.64. The molecule has 0 aliphatic heterocycles. The van der Waals surface area contributed by atoms with E-state index in [0.29, 0.717) is 22.6 Å². The number of benzene rings is 2. The largest absolute Gasteiger partial charge is 0.493 e. The van der Waals surface area contributed by atoms with E-state index in [4.69, 9.17) is 15.2 Å². The van der Waals surface area contributed by atoms with Gasteiger partial charge in [-0.2, -0.15) is 5.26 Å². The van der Waals surface area contributed by atoms with Gasteiger partial charge >= 0.3 is 0 Å². The van der Waals surface area contributed by atoms with Crippen molar-refractivity contribution in [2.75, 3.05) is 13.7 Å². The summed E-state index contributed by atoms with van der Waals surface area (Å²) in [6.45, 7) is -0.151. The summed E-state index contributed by atoms with van der Waals surface area (Å²) in [5, 5.41) is 11.9. The Bertz CT molecular complexity index is 933. The topological polar surface area (TPSA) is 114 Å². The smallest absolute Gasteiger partial charge is 0.262 e. The molecule has 0 aliphatic carbocycles. The summed E-state index contributed by atoms with van der Waals surface area (Å²) in [5.74, 6) is -0.947. The molecule has 0 aromatic heterocycles. The van der Waals surface area contributed by atoms with Gasteiger partial charge in [-0.3, -0.25) is 9.59 Å². The number of hydrogen-bond acceptors (Lipinski definition) is 5. The third-order valence-electron chi connectivity index (χ3n) is 3.60. The molecular weight excluding hydrogens is 365 g/mol. The molecule has 144 valence electrons. The van der Waals surface area contributed by atoms with E-state index in [1.165, 1.54) is 25.3 Å². The maximum absolute atomic E-state index is 12.9.